The van der Waals surface area contributed by atoms with Crippen LogP contribution in [0.5, 0.6) is 0 Å². The summed E-state index contributed by atoms with van der Waals surface area (Å²) in [6, 6.07) is 0. The summed E-state index contributed by atoms with van der Waals surface area (Å²) in [6.45, 7) is 23.7. The van der Waals surface area contributed by atoms with E-state index in [1.54, 1.807) is 0 Å². The largest absolute Gasteiger partial charge is 0.414 e. The van der Waals surface area contributed by atoms with Crippen molar-refractivity contribution in [2.45, 2.75) is 83.9 Å². The minimum atomic E-state index is -1.78. The van der Waals surface area contributed by atoms with Crippen LogP contribution in [0.4, 0.5) is 0 Å². The van der Waals surface area contributed by atoms with Crippen LogP contribution in [0.2, 0.25) is 36.3 Å². The number of hydrogen-bond donors (Lipinski definition) is 1. The highest BCUT2D eigenvalue weighted by atomic mass is 28.4. The van der Waals surface area contributed by atoms with Crippen LogP contribution in [-0.4, -0.2) is 35.9 Å². The van der Waals surface area contributed by atoms with Crippen LogP contribution in [0.25, 0.3) is 0 Å². The SMILES string of the molecule is CC(C)(C)[Si](C)(C)OCC(CN)O[Si](C)(C)C(C)(C)C. The molecule has 0 aliphatic heterocycles. The Balaban J connectivity index is 4.68. The van der Waals surface area contributed by atoms with Crippen molar-refractivity contribution in [3.63, 3.8) is 0 Å². The smallest absolute Gasteiger partial charge is 0.192 e. The lowest BCUT2D eigenvalue weighted by Crippen LogP contribution is -2.49. The van der Waals surface area contributed by atoms with Crippen LogP contribution in [0.3, 0.4) is 0 Å². The molecule has 0 radical (unpaired) electrons. The predicted octanol–water partition coefficient (Wildman–Crippen LogP) is 4.36. The molecule has 5 heteroatoms. The Morgan fingerprint density at radius 3 is 1.55 bits per heavy atom. The molecule has 0 aromatic carbocycles. The molecule has 2 N–H and O–H groups in total. The zero-order valence-electron chi connectivity index (χ0n) is 15.4. The van der Waals surface area contributed by atoms with E-state index in [1.807, 2.05) is 0 Å². The predicted molar refractivity (Wildman–Crippen MR) is 94.3 cm³/mol. The van der Waals surface area contributed by atoms with Crippen molar-refractivity contribution in [1.29, 1.82) is 0 Å². The van der Waals surface area contributed by atoms with Gasteiger partial charge in [0.2, 0.25) is 0 Å². The van der Waals surface area contributed by atoms with E-state index < -0.39 is 16.6 Å². The summed E-state index contributed by atoms with van der Waals surface area (Å²) >= 11 is 0. The molecule has 0 aromatic heterocycles. The van der Waals surface area contributed by atoms with Crippen molar-refractivity contribution < 1.29 is 8.85 Å². The Hall–Kier alpha value is 0.314. The van der Waals surface area contributed by atoms with E-state index in [9.17, 15) is 0 Å². The summed E-state index contributed by atoms with van der Waals surface area (Å²) in [5.41, 5.74) is 5.89. The van der Waals surface area contributed by atoms with E-state index in [1.165, 1.54) is 0 Å². The summed E-state index contributed by atoms with van der Waals surface area (Å²) in [4.78, 5) is 0. The van der Waals surface area contributed by atoms with Gasteiger partial charge in [-0.3, -0.25) is 0 Å². The lowest BCUT2D eigenvalue weighted by molar-refractivity contribution is 0.113. The number of nitrogens with two attached hydrogens (primary N) is 1. The molecule has 0 spiro atoms. The molecule has 0 rings (SSSR count). The van der Waals surface area contributed by atoms with Crippen molar-refractivity contribution >= 4 is 16.6 Å². The molecule has 0 aromatic rings. The van der Waals surface area contributed by atoms with E-state index in [0.717, 1.165) is 0 Å². The minimum absolute atomic E-state index is 0.0185. The third-order valence-electron chi connectivity index (χ3n) is 4.97. The molecular weight excluding hydrogens is 282 g/mol. The first kappa shape index (κ1) is 20.3. The molecule has 0 saturated carbocycles. The second kappa shape index (κ2) is 6.61. The van der Waals surface area contributed by atoms with Gasteiger partial charge in [0.05, 0.1) is 12.7 Å². The maximum atomic E-state index is 6.37. The minimum Gasteiger partial charge on any atom is -0.414 e. The van der Waals surface area contributed by atoms with E-state index in [2.05, 4.69) is 67.7 Å². The Bertz CT molecular complexity index is 304. The second-order valence-electron chi connectivity index (χ2n) is 8.81. The van der Waals surface area contributed by atoms with E-state index in [0.29, 0.717) is 13.2 Å². The molecule has 0 saturated heterocycles. The standard InChI is InChI=1S/C15H37NO2Si2/c1-14(2,3)19(7,8)17-12-13(11-16)18-20(9,10)15(4,5)6/h13H,11-12,16H2,1-10H3. The van der Waals surface area contributed by atoms with Crippen LogP contribution in [0.1, 0.15) is 41.5 Å². The fourth-order valence-electron chi connectivity index (χ4n) is 1.26. The van der Waals surface area contributed by atoms with Crippen molar-refractivity contribution in [3.8, 4) is 0 Å². The molecule has 0 fully saturated rings. The maximum absolute atomic E-state index is 6.37. The third kappa shape index (κ3) is 5.60. The topological polar surface area (TPSA) is 44.5 Å². The van der Waals surface area contributed by atoms with Gasteiger partial charge in [0.1, 0.15) is 0 Å². The fourth-order valence-corrected chi connectivity index (χ4v) is 3.65. The van der Waals surface area contributed by atoms with Crippen molar-refractivity contribution in [1.82, 2.24) is 0 Å². The van der Waals surface area contributed by atoms with Gasteiger partial charge in [-0.05, 0) is 36.3 Å². The number of rotatable bonds is 6. The number of hydrogen-bond acceptors (Lipinski definition) is 3. The third-order valence-corrected chi connectivity index (χ3v) is 14.0. The summed E-state index contributed by atoms with van der Waals surface area (Å²) < 4.78 is 12.6. The normalized spacial score (nSPS) is 16.4. The molecule has 0 amide bonds. The molecular formula is C15H37NO2Si2. The molecule has 1 unspecified atom stereocenters. The maximum Gasteiger partial charge on any atom is 0.192 e. The highest BCUT2D eigenvalue weighted by molar-refractivity contribution is 6.74. The second-order valence-corrected chi connectivity index (χ2v) is 18.4. The first-order valence-electron chi connectivity index (χ1n) is 7.66. The molecule has 122 valence electrons. The summed E-state index contributed by atoms with van der Waals surface area (Å²) in [7, 11) is -3.50. The molecule has 0 aliphatic carbocycles. The molecule has 3 nitrogen and oxygen atoms in total. The zero-order chi connectivity index (χ0) is 16.4. The van der Waals surface area contributed by atoms with E-state index >= 15 is 0 Å². The van der Waals surface area contributed by atoms with Crippen LogP contribution in [-0.2, 0) is 8.85 Å². The van der Waals surface area contributed by atoms with Gasteiger partial charge in [0, 0.05) is 6.54 Å². The van der Waals surface area contributed by atoms with Gasteiger partial charge >= 0.3 is 0 Å². The summed E-state index contributed by atoms with van der Waals surface area (Å²) in [5, 5.41) is 0.431. The monoisotopic (exact) mass is 319 g/mol. The highest BCUT2D eigenvalue weighted by Crippen LogP contribution is 2.38. The van der Waals surface area contributed by atoms with Gasteiger partial charge in [0.25, 0.3) is 0 Å². The molecule has 20 heavy (non-hydrogen) atoms. The summed E-state index contributed by atoms with van der Waals surface area (Å²) in [5.74, 6) is 0. The highest BCUT2D eigenvalue weighted by Gasteiger charge is 2.41. The Morgan fingerprint density at radius 2 is 1.25 bits per heavy atom. The lowest BCUT2D eigenvalue weighted by Gasteiger charge is -2.41. The first-order valence-corrected chi connectivity index (χ1v) is 13.5. The van der Waals surface area contributed by atoms with Gasteiger partial charge in [-0.15, -0.1) is 0 Å². The van der Waals surface area contributed by atoms with Gasteiger partial charge in [-0.1, -0.05) is 41.5 Å². The Morgan fingerprint density at radius 1 is 0.850 bits per heavy atom. The Kier molecular flexibility index (Phi) is 6.71. The van der Waals surface area contributed by atoms with Crippen molar-refractivity contribution in [2.24, 2.45) is 5.73 Å². The van der Waals surface area contributed by atoms with Gasteiger partial charge in [0.15, 0.2) is 16.6 Å². The van der Waals surface area contributed by atoms with Crippen LogP contribution >= 0.6 is 0 Å². The van der Waals surface area contributed by atoms with Crippen LogP contribution in [0.15, 0.2) is 0 Å². The average Bonchev–Trinajstić information content (AvgIpc) is 2.20. The van der Waals surface area contributed by atoms with Gasteiger partial charge < -0.3 is 14.6 Å². The van der Waals surface area contributed by atoms with Gasteiger partial charge in [-0.2, -0.15) is 0 Å². The fraction of sp³-hybridized carbons (Fsp3) is 1.00. The van der Waals surface area contributed by atoms with Crippen molar-refractivity contribution in [3.05, 3.63) is 0 Å². The zero-order valence-corrected chi connectivity index (χ0v) is 17.4. The Labute approximate surface area is 128 Å². The molecule has 1 atom stereocenters. The van der Waals surface area contributed by atoms with Crippen LogP contribution in [0, 0.1) is 0 Å². The average molecular weight is 320 g/mol. The van der Waals surface area contributed by atoms with Gasteiger partial charge in [-0.25, -0.2) is 0 Å². The van der Waals surface area contributed by atoms with Crippen molar-refractivity contribution in [2.75, 3.05) is 13.2 Å². The molecule has 0 aliphatic rings. The molecule has 0 bridgehead atoms. The van der Waals surface area contributed by atoms with E-state index in [-0.39, 0.29) is 16.2 Å². The van der Waals surface area contributed by atoms with Crippen LogP contribution < -0.4 is 5.73 Å². The molecule has 0 heterocycles. The quantitative estimate of drug-likeness (QED) is 0.740. The lowest BCUT2D eigenvalue weighted by atomic mass is 10.2. The summed E-state index contributed by atoms with van der Waals surface area (Å²) in [6.07, 6.45) is 0.0185. The first-order chi connectivity index (χ1) is 8.64. The van der Waals surface area contributed by atoms with E-state index in [4.69, 9.17) is 14.6 Å².